The monoisotopic (exact) mass is 344 g/mol. The highest BCUT2D eigenvalue weighted by atomic mass is 79.9. The van der Waals surface area contributed by atoms with E-state index in [9.17, 15) is 5.11 Å². The number of halogens is 3. The van der Waals surface area contributed by atoms with Crippen molar-refractivity contribution in [2.24, 2.45) is 0 Å². The molecule has 2 aromatic carbocycles. The van der Waals surface area contributed by atoms with E-state index in [1.54, 1.807) is 12.1 Å². The minimum Gasteiger partial charge on any atom is -0.388 e. The molecule has 0 radical (unpaired) electrons. The number of benzene rings is 2. The largest absolute Gasteiger partial charge is 0.388 e. The lowest BCUT2D eigenvalue weighted by Crippen LogP contribution is -2.03. The normalized spacial score (nSPS) is 12.4. The molecule has 4 heteroatoms. The fourth-order valence-corrected chi connectivity index (χ4v) is 2.91. The highest BCUT2D eigenvalue weighted by Crippen LogP contribution is 2.30. The van der Waals surface area contributed by atoms with Gasteiger partial charge in [-0.05, 0) is 29.3 Å². The lowest BCUT2D eigenvalue weighted by Gasteiger charge is -2.14. The maximum absolute atomic E-state index is 10.2. The lowest BCUT2D eigenvalue weighted by molar-refractivity contribution is 0.177. The van der Waals surface area contributed by atoms with Gasteiger partial charge in [0.15, 0.2) is 0 Å². The second-order valence-corrected chi connectivity index (χ2v) is 5.68. The SMILES string of the molecule is OC(Cc1ccccc1Cl)c1ccc(Cl)cc1Br. The molecular formula is C14H11BrCl2O. The van der Waals surface area contributed by atoms with E-state index in [2.05, 4.69) is 15.9 Å². The van der Waals surface area contributed by atoms with Gasteiger partial charge in [-0.2, -0.15) is 0 Å². The Morgan fingerprint density at radius 3 is 2.50 bits per heavy atom. The Kier molecular flexibility index (Phi) is 4.68. The van der Waals surface area contributed by atoms with Gasteiger partial charge < -0.3 is 5.11 Å². The van der Waals surface area contributed by atoms with Crippen molar-refractivity contribution in [1.29, 1.82) is 0 Å². The highest BCUT2D eigenvalue weighted by Gasteiger charge is 2.13. The molecule has 0 heterocycles. The predicted octanol–water partition coefficient (Wildman–Crippen LogP) is 5.03. The molecule has 0 aliphatic rings. The van der Waals surface area contributed by atoms with Gasteiger partial charge in [-0.3, -0.25) is 0 Å². The van der Waals surface area contributed by atoms with E-state index >= 15 is 0 Å². The van der Waals surface area contributed by atoms with Crippen molar-refractivity contribution in [3.63, 3.8) is 0 Å². The average Bonchev–Trinajstić information content (AvgIpc) is 2.32. The van der Waals surface area contributed by atoms with Crippen LogP contribution in [0.25, 0.3) is 0 Å². The molecule has 0 aliphatic heterocycles. The Bertz CT molecular complexity index is 557. The Hall–Kier alpha value is -0.540. The minimum atomic E-state index is -0.614. The molecule has 0 fully saturated rings. The lowest BCUT2D eigenvalue weighted by atomic mass is 10.0. The third-order valence-electron chi connectivity index (χ3n) is 2.69. The summed E-state index contributed by atoms with van der Waals surface area (Å²) in [5.41, 5.74) is 1.73. The first-order valence-electron chi connectivity index (χ1n) is 5.44. The summed E-state index contributed by atoms with van der Waals surface area (Å²) in [4.78, 5) is 0. The molecule has 2 aromatic rings. The van der Waals surface area contributed by atoms with E-state index in [4.69, 9.17) is 23.2 Å². The summed E-state index contributed by atoms with van der Waals surface area (Å²) in [6.45, 7) is 0. The third-order valence-corrected chi connectivity index (χ3v) is 3.98. The first kappa shape index (κ1) is 13.9. The third kappa shape index (κ3) is 3.27. The van der Waals surface area contributed by atoms with Crippen molar-refractivity contribution in [2.75, 3.05) is 0 Å². The standard InChI is InChI=1S/C14H11BrCl2O/c15-12-8-10(16)5-6-11(12)14(18)7-9-3-1-2-4-13(9)17/h1-6,8,14,18H,7H2. The van der Waals surface area contributed by atoms with Gasteiger partial charge in [-0.25, -0.2) is 0 Å². The Morgan fingerprint density at radius 2 is 1.83 bits per heavy atom. The quantitative estimate of drug-likeness (QED) is 0.826. The van der Waals surface area contributed by atoms with Crippen LogP contribution < -0.4 is 0 Å². The van der Waals surface area contributed by atoms with Crippen LogP contribution in [-0.2, 0) is 6.42 Å². The molecule has 0 bridgehead atoms. The van der Waals surface area contributed by atoms with Gasteiger partial charge in [-0.1, -0.05) is 63.4 Å². The summed E-state index contributed by atoms with van der Waals surface area (Å²) >= 11 is 15.4. The first-order chi connectivity index (χ1) is 8.58. The van der Waals surface area contributed by atoms with Crippen LogP contribution in [0.3, 0.4) is 0 Å². The molecule has 0 saturated heterocycles. The highest BCUT2D eigenvalue weighted by molar-refractivity contribution is 9.10. The summed E-state index contributed by atoms with van der Waals surface area (Å²) in [6, 6.07) is 12.9. The molecular weight excluding hydrogens is 335 g/mol. The van der Waals surface area contributed by atoms with E-state index in [0.29, 0.717) is 16.5 Å². The summed E-state index contributed by atoms with van der Waals surface area (Å²) in [5.74, 6) is 0. The zero-order valence-electron chi connectivity index (χ0n) is 9.41. The summed E-state index contributed by atoms with van der Waals surface area (Å²) in [6.07, 6.45) is -0.142. The van der Waals surface area contributed by atoms with Crippen molar-refractivity contribution in [1.82, 2.24) is 0 Å². The van der Waals surface area contributed by atoms with E-state index in [-0.39, 0.29) is 0 Å². The fourth-order valence-electron chi connectivity index (χ4n) is 1.75. The average molecular weight is 346 g/mol. The van der Waals surface area contributed by atoms with Gasteiger partial charge >= 0.3 is 0 Å². The van der Waals surface area contributed by atoms with Crippen molar-refractivity contribution in [2.45, 2.75) is 12.5 Å². The molecule has 0 saturated carbocycles. The summed E-state index contributed by atoms with van der Waals surface area (Å²) in [7, 11) is 0. The Balaban J connectivity index is 2.22. The predicted molar refractivity (Wildman–Crippen MR) is 79.3 cm³/mol. The van der Waals surface area contributed by atoms with Gasteiger partial charge in [0.2, 0.25) is 0 Å². The van der Waals surface area contributed by atoms with Gasteiger partial charge in [0, 0.05) is 20.9 Å². The topological polar surface area (TPSA) is 20.2 Å². The van der Waals surface area contributed by atoms with Gasteiger partial charge in [0.25, 0.3) is 0 Å². The molecule has 1 N–H and O–H groups in total. The Morgan fingerprint density at radius 1 is 1.11 bits per heavy atom. The van der Waals surface area contributed by atoms with E-state index < -0.39 is 6.10 Å². The number of rotatable bonds is 3. The van der Waals surface area contributed by atoms with Crippen molar-refractivity contribution in [3.05, 3.63) is 68.1 Å². The number of hydrogen-bond acceptors (Lipinski definition) is 1. The fraction of sp³-hybridized carbons (Fsp3) is 0.143. The maximum Gasteiger partial charge on any atom is 0.0841 e. The Labute approximate surface area is 124 Å². The second kappa shape index (κ2) is 6.07. The molecule has 1 nitrogen and oxygen atoms in total. The zero-order chi connectivity index (χ0) is 13.1. The maximum atomic E-state index is 10.2. The molecule has 0 spiro atoms. The first-order valence-corrected chi connectivity index (χ1v) is 6.99. The summed E-state index contributed by atoms with van der Waals surface area (Å²) in [5, 5.41) is 11.5. The van der Waals surface area contributed by atoms with Gasteiger partial charge in [0.05, 0.1) is 6.10 Å². The minimum absolute atomic E-state index is 0.472. The van der Waals surface area contributed by atoms with Crippen LogP contribution in [0.1, 0.15) is 17.2 Å². The van der Waals surface area contributed by atoms with Crippen LogP contribution >= 0.6 is 39.1 Å². The van der Waals surface area contributed by atoms with E-state index in [0.717, 1.165) is 15.6 Å². The zero-order valence-corrected chi connectivity index (χ0v) is 12.5. The van der Waals surface area contributed by atoms with Crippen LogP contribution in [0.5, 0.6) is 0 Å². The van der Waals surface area contributed by atoms with Crippen molar-refractivity contribution in [3.8, 4) is 0 Å². The molecule has 2 rings (SSSR count). The van der Waals surface area contributed by atoms with E-state index in [1.807, 2.05) is 30.3 Å². The smallest absolute Gasteiger partial charge is 0.0841 e. The molecule has 1 atom stereocenters. The molecule has 1 unspecified atom stereocenters. The molecule has 94 valence electrons. The van der Waals surface area contributed by atoms with Gasteiger partial charge in [0.1, 0.15) is 0 Å². The number of hydrogen-bond donors (Lipinski definition) is 1. The molecule has 0 amide bonds. The van der Waals surface area contributed by atoms with Crippen LogP contribution in [0.2, 0.25) is 10.0 Å². The number of aliphatic hydroxyl groups is 1. The van der Waals surface area contributed by atoms with Crippen LogP contribution in [0.4, 0.5) is 0 Å². The van der Waals surface area contributed by atoms with Crippen molar-refractivity contribution >= 4 is 39.1 Å². The molecule has 0 aromatic heterocycles. The van der Waals surface area contributed by atoms with Crippen LogP contribution in [0.15, 0.2) is 46.9 Å². The van der Waals surface area contributed by atoms with Gasteiger partial charge in [-0.15, -0.1) is 0 Å². The van der Waals surface area contributed by atoms with E-state index in [1.165, 1.54) is 0 Å². The van der Waals surface area contributed by atoms with Crippen molar-refractivity contribution < 1.29 is 5.11 Å². The second-order valence-electron chi connectivity index (χ2n) is 3.98. The molecule has 18 heavy (non-hydrogen) atoms. The summed E-state index contributed by atoms with van der Waals surface area (Å²) < 4.78 is 0.801. The number of aliphatic hydroxyl groups excluding tert-OH is 1. The molecule has 0 aliphatic carbocycles. The van der Waals surface area contributed by atoms with Crippen LogP contribution in [0, 0.1) is 0 Å². The van der Waals surface area contributed by atoms with Crippen LogP contribution in [-0.4, -0.2) is 5.11 Å².